The molecule has 2 aromatic carbocycles. The number of hydrogen-bond donors (Lipinski definition) is 3. The Hall–Kier alpha value is -3.35. The number of alkyl carbamates (subject to hydrolysis) is 1. The quantitative estimate of drug-likeness (QED) is 0.634. The van der Waals surface area contributed by atoms with Crippen molar-refractivity contribution in [2.45, 2.75) is 50.1 Å². The molecule has 0 aliphatic heterocycles. The monoisotopic (exact) mass is 422 g/mol. The second-order valence-corrected chi connectivity index (χ2v) is 8.39. The van der Waals surface area contributed by atoms with E-state index in [1.165, 1.54) is 0 Å². The molecule has 1 atom stereocenters. The highest BCUT2D eigenvalue weighted by Crippen LogP contribution is 2.44. The number of hydrogen-bond acceptors (Lipinski definition) is 4. The van der Waals surface area contributed by atoms with Crippen LogP contribution in [-0.4, -0.2) is 41.3 Å². The number of carbonyl (C=O) groups is 3. The average Bonchev–Trinajstić information content (AvgIpc) is 3.04. The van der Waals surface area contributed by atoms with E-state index < -0.39 is 29.6 Å². The van der Waals surface area contributed by atoms with Gasteiger partial charge in [-0.3, -0.25) is 9.59 Å². The fourth-order valence-electron chi connectivity index (χ4n) is 4.49. The molecule has 2 aliphatic carbocycles. The maximum Gasteiger partial charge on any atom is 0.407 e. The largest absolute Gasteiger partial charge is 0.481 e. The number of benzene rings is 2. The molecule has 1 fully saturated rings. The smallest absolute Gasteiger partial charge is 0.407 e. The van der Waals surface area contributed by atoms with Crippen molar-refractivity contribution < 1.29 is 24.2 Å². The molecule has 0 aromatic heterocycles. The van der Waals surface area contributed by atoms with Gasteiger partial charge in [-0.1, -0.05) is 48.5 Å². The van der Waals surface area contributed by atoms with Crippen molar-refractivity contribution in [1.82, 2.24) is 10.6 Å². The van der Waals surface area contributed by atoms with E-state index in [0.29, 0.717) is 12.8 Å². The zero-order valence-electron chi connectivity index (χ0n) is 17.4. The molecule has 2 amide bonds. The van der Waals surface area contributed by atoms with E-state index in [9.17, 15) is 14.4 Å². The van der Waals surface area contributed by atoms with Crippen LogP contribution in [0.15, 0.2) is 48.5 Å². The second kappa shape index (κ2) is 8.41. The van der Waals surface area contributed by atoms with Crippen molar-refractivity contribution in [2.75, 3.05) is 6.61 Å². The number of aliphatic carboxylic acids is 1. The van der Waals surface area contributed by atoms with Crippen LogP contribution in [0.25, 0.3) is 11.1 Å². The summed E-state index contributed by atoms with van der Waals surface area (Å²) in [5.74, 6) is -1.41. The van der Waals surface area contributed by atoms with Gasteiger partial charge >= 0.3 is 12.1 Å². The number of nitrogens with one attached hydrogen (secondary N) is 2. The summed E-state index contributed by atoms with van der Waals surface area (Å²) in [7, 11) is 0. The molecule has 4 rings (SSSR count). The van der Waals surface area contributed by atoms with Crippen LogP contribution in [0.3, 0.4) is 0 Å². The summed E-state index contributed by atoms with van der Waals surface area (Å²) in [5, 5.41) is 14.4. The minimum absolute atomic E-state index is 0.0592. The average molecular weight is 422 g/mol. The SMILES string of the molecule is C[C@@H](NC(=O)OCC1c2ccccc2-c2ccccc21)C(=O)NC1(CC(=O)O)CCC1. The number of ether oxygens (including phenoxy) is 1. The lowest BCUT2D eigenvalue weighted by Crippen LogP contribution is -2.58. The number of carboxylic acid groups (broad SMARTS) is 1. The van der Waals surface area contributed by atoms with Gasteiger partial charge in [0.1, 0.15) is 12.6 Å². The first-order chi connectivity index (χ1) is 14.9. The second-order valence-electron chi connectivity index (χ2n) is 8.39. The van der Waals surface area contributed by atoms with E-state index in [1.54, 1.807) is 6.92 Å². The van der Waals surface area contributed by atoms with Crippen molar-refractivity contribution in [2.24, 2.45) is 0 Å². The van der Waals surface area contributed by atoms with Gasteiger partial charge in [0.05, 0.1) is 12.0 Å². The van der Waals surface area contributed by atoms with Crippen molar-refractivity contribution in [3.63, 3.8) is 0 Å². The van der Waals surface area contributed by atoms with Crippen molar-refractivity contribution in [3.8, 4) is 11.1 Å². The molecule has 162 valence electrons. The third-order valence-corrected chi connectivity index (χ3v) is 6.26. The van der Waals surface area contributed by atoms with Gasteiger partial charge in [-0.25, -0.2) is 4.79 Å². The predicted octanol–water partition coefficient (Wildman–Crippen LogP) is 3.43. The third kappa shape index (κ3) is 4.26. The van der Waals surface area contributed by atoms with Gasteiger partial charge in [0, 0.05) is 5.92 Å². The van der Waals surface area contributed by atoms with E-state index in [2.05, 4.69) is 22.8 Å². The Morgan fingerprint density at radius 3 is 2.16 bits per heavy atom. The van der Waals surface area contributed by atoms with Crippen LogP contribution in [0.5, 0.6) is 0 Å². The maximum atomic E-state index is 12.5. The van der Waals surface area contributed by atoms with E-state index in [4.69, 9.17) is 9.84 Å². The Bertz CT molecular complexity index is 969. The van der Waals surface area contributed by atoms with Crippen LogP contribution in [-0.2, 0) is 14.3 Å². The van der Waals surface area contributed by atoms with Gasteiger partial charge in [0.2, 0.25) is 5.91 Å². The molecule has 0 heterocycles. The van der Waals surface area contributed by atoms with Crippen LogP contribution >= 0.6 is 0 Å². The minimum atomic E-state index is -0.947. The van der Waals surface area contributed by atoms with Gasteiger partial charge in [-0.2, -0.15) is 0 Å². The number of carbonyl (C=O) groups excluding carboxylic acids is 2. The first kappa shape index (κ1) is 20.9. The molecule has 31 heavy (non-hydrogen) atoms. The normalized spacial score (nSPS) is 16.9. The summed E-state index contributed by atoms with van der Waals surface area (Å²) >= 11 is 0. The molecule has 0 radical (unpaired) electrons. The highest BCUT2D eigenvalue weighted by molar-refractivity contribution is 5.86. The summed E-state index contributed by atoms with van der Waals surface area (Å²) in [5.41, 5.74) is 3.80. The fourth-order valence-corrected chi connectivity index (χ4v) is 4.49. The highest BCUT2D eigenvalue weighted by Gasteiger charge is 2.41. The zero-order valence-corrected chi connectivity index (χ0v) is 17.4. The van der Waals surface area contributed by atoms with Crippen LogP contribution < -0.4 is 10.6 Å². The van der Waals surface area contributed by atoms with Gasteiger partial charge in [-0.05, 0) is 48.4 Å². The Balaban J connectivity index is 1.34. The molecular weight excluding hydrogens is 396 g/mol. The molecule has 7 heteroatoms. The standard InChI is InChI=1S/C24H26N2O5/c1-15(22(29)26-24(11-6-12-24)13-21(27)28)25-23(30)31-14-20-18-9-4-2-7-16(18)17-8-3-5-10-19(17)20/h2-5,7-10,15,20H,6,11-14H2,1H3,(H,25,30)(H,26,29)(H,27,28)/t15-/m1/s1. The first-order valence-corrected chi connectivity index (χ1v) is 10.5. The molecule has 0 saturated heterocycles. The van der Waals surface area contributed by atoms with Gasteiger partial charge in [0.25, 0.3) is 0 Å². The van der Waals surface area contributed by atoms with Crippen molar-refractivity contribution in [1.29, 1.82) is 0 Å². The minimum Gasteiger partial charge on any atom is -0.481 e. The van der Waals surface area contributed by atoms with Gasteiger partial charge in [0.15, 0.2) is 0 Å². The zero-order chi connectivity index (χ0) is 22.0. The third-order valence-electron chi connectivity index (χ3n) is 6.26. The summed E-state index contributed by atoms with van der Waals surface area (Å²) in [6, 6.07) is 15.3. The number of fused-ring (bicyclic) bond motifs is 3. The molecule has 0 spiro atoms. The van der Waals surface area contributed by atoms with Crippen LogP contribution in [0.1, 0.15) is 49.7 Å². The Morgan fingerprint density at radius 1 is 1.06 bits per heavy atom. The maximum absolute atomic E-state index is 12.5. The topological polar surface area (TPSA) is 105 Å². The van der Waals surface area contributed by atoms with Gasteiger partial charge in [-0.15, -0.1) is 0 Å². The van der Waals surface area contributed by atoms with Crippen LogP contribution in [0, 0.1) is 0 Å². The summed E-state index contributed by atoms with van der Waals surface area (Å²) in [4.78, 5) is 35.9. The van der Waals surface area contributed by atoms with Crippen LogP contribution in [0.2, 0.25) is 0 Å². The number of carboxylic acids is 1. The summed E-state index contributed by atoms with van der Waals surface area (Å²) in [6.45, 7) is 1.72. The number of amides is 2. The Morgan fingerprint density at radius 2 is 1.65 bits per heavy atom. The van der Waals surface area contributed by atoms with Crippen molar-refractivity contribution in [3.05, 3.63) is 59.7 Å². The summed E-state index contributed by atoms with van der Waals surface area (Å²) < 4.78 is 5.47. The molecule has 0 bridgehead atoms. The molecule has 3 N–H and O–H groups in total. The van der Waals surface area contributed by atoms with E-state index in [1.807, 2.05) is 36.4 Å². The molecule has 1 saturated carbocycles. The van der Waals surface area contributed by atoms with Gasteiger partial charge < -0.3 is 20.5 Å². The summed E-state index contributed by atoms with van der Waals surface area (Å²) in [6.07, 6.45) is 1.34. The highest BCUT2D eigenvalue weighted by atomic mass is 16.5. The Labute approximate surface area is 180 Å². The van der Waals surface area contributed by atoms with Crippen molar-refractivity contribution >= 4 is 18.0 Å². The first-order valence-electron chi connectivity index (χ1n) is 10.5. The van der Waals surface area contributed by atoms with E-state index in [0.717, 1.165) is 28.7 Å². The predicted molar refractivity (Wildman–Crippen MR) is 115 cm³/mol. The molecule has 7 nitrogen and oxygen atoms in total. The molecule has 2 aromatic rings. The lowest BCUT2D eigenvalue weighted by Gasteiger charge is -2.42. The number of rotatable bonds is 7. The Kier molecular flexibility index (Phi) is 5.67. The van der Waals surface area contributed by atoms with E-state index in [-0.39, 0.29) is 18.9 Å². The molecule has 2 aliphatic rings. The lowest BCUT2D eigenvalue weighted by molar-refractivity contribution is -0.140. The fraction of sp³-hybridized carbons (Fsp3) is 0.375. The van der Waals surface area contributed by atoms with E-state index >= 15 is 0 Å². The lowest BCUT2D eigenvalue weighted by atomic mass is 9.74. The molecule has 0 unspecified atom stereocenters. The molecular formula is C24H26N2O5. The van der Waals surface area contributed by atoms with Crippen LogP contribution in [0.4, 0.5) is 4.79 Å².